The van der Waals surface area contributed by atoms with Crippen LogP contribution in [0, 0.1) is 5.92 Å². The summed E-state index contributed by atoms with van der Waals surface area (Å²) in [5, 5.41) is 13.6. The molecular formula is C11H18N6O. The molecule has 18 heavy (non-hydrogen) atoms. The molecule has 1 N–H and O–H groups in total. The minimum Gasteiger partial charge on any atom is -0.354 e. The first-order chi connectivity index (χ1) is 8.81. The molecule has 0 spiro atoms. The number of carbonyl (C=O) groups excluding carboxylic acids is 1. The lowest BCUT2D eigenvalue weighted by molar-refractivity contribution is -0.122. The van der Waals surface area contributed by atoms with Gasteiger partial charge in [0.1, 0.15) is 12.9 Å². The Hall–Kier alpha value is -1.50. The van der Waals surface area contributed by atoms with Gasteiger partial charge in [0.15, 0.2) is 0 Å². The first-order valence-corrected chi connectivity index (χ1v) is 6.53. The van der Waals surface area contributed by atoms with Crippen LogP contribution in [0.5, 0.6) is 0 Å². The van der Waals surface area contributed by atoms with Gasteiger partial charge in [0.2, 0.25) is 5.91 Å². The molecule has 1 saturated carbocycles. The normalized spacial score (nSPS) is 24.3. The van der Waals surface area contributed by atoms with Crippen molar-refractivity contribution in [2.45, 2.75) is 31.8 Å². The van der Waals surface area contributed by atoms with Crippen LogP contribution in [0.1, 0.15) is 19.3 Å². The van der Waals surface area contributed by atoms with Gasteiger partial charge < -0.3 is 10.2 Å². The second-order valence-corrected chi connectivity index (χ2v) is 5.19. The van der Waals surface area contributed by atoms with E-state index in [4.69, 9.17) is 0 Å². The summed E-state index contributed by atoms with van der Waals surface area (Å²) in [5.41, 5.74) is 0. The predicted octanol–water partition coefficient (Wildman–Crippen LogP) is -0.726. The van der Waals surface area contributed by atoms with E-state index in [1.54, 1.807) is 0 Å². The third-order valence-corrected chi connectivity index (χ3v) is 3.67. The maximum absolute atomic E-state index is 11.7. The van der Waals surface area contributed by atoms with Crippen molar-refractivity contribution in [3.8, 4) is 0 Å². The molecule has 2 fully saturated rings. The smallest absolute Gasteiger partial charge is 0.241 e. The van der Waals surface area contributed by atoms with Gasteiger partial charge in [-0.05, 0) is 42.2 Å². The summed E-state index contributed by atoms with van der Waals surface area (Å²) in [6.45, 7) is 3.30. The highest BCUT2D eigenvalue weighted by Gasteiger charge is 2.34. The van der Waals surface area contributed by atoms with Crippen LogP contribution in [0.4, 0.5) is 0 Å². The van der Waals surface area contributed by atoms with E-state index in [9.17, 15) is 4.79 Å². The molecule has 0 bridgehead atoms. The van der Waals surface area contributed by atoms with Crippen LogP contribution in [0.25, 0.3) is 0 Å². The number of aromatic nitrogens is 4. The van der Waals surface area contributed by atoms with E-state index in [0.29, 0.717) is 5.92 Å². The van der Waals surface area contributed by atoms with Crippen LogP contribution in [-0.2, 0) is 11.3 Å². The molecule has 98 valence electrons. The minimum atomic E-state index is -0.0211. The average molecular weight is 250 g/mol. The summed E-state index contributed by atoms with van der Waals surface area (Å²) >= 11 is 0. The lowest BCUT2D eigenvalue weighted by Gasteiger charge is -2.15. The van der Waals surface area contributed by atoms with Crippen molar-refractivity contribution >= 4 is 5.91 Å². The molecule has 1 atom stereocenters. The van der Waals surface area contributed by atoms with Crippen LogP contribution in [-0.4, -0.2) is 56.7 Å². The molecule has 2 heterocycles. The first kappa shape index (κ1) is 11.6. The topological polar surface area (TPSA) is 75.9 Å². The van der Waals surface area contributed by atoms with Crippen LogP contribution in [0.3, 0.4) is 0 Å². The van der Waals surface area contributed by atoms with Gasteiger partial charge in [0.05, 0.1) is 0 Å². The third-order valence-electron chi connectivity index (χ3n) is 3.67. The van der Waals surface area contributed by atoms with E-state index in [1.807, 2.05) is 0 Å². The van der Waals surface area contributed by atoms with Crippen LogP contribution in [0.15, 0.2) is 6.33 Å². The van der Waals surface area contributed by atoms with Gasteiger partial charge in [0, 0.05) is 19.1 Å². The summed E-state index contributed by atoms with van der Waals surface area (Å²) in [5.74, 6) is 0.579. The SMILES string of the molecule is O=C(Cn1cnnn1)NC[C@@H]1CCN(C2CC2)C1. The van der Waals surface area contributed by atoms with E-state index in [2.05, 4.69) is 25.7 Å². The number of rotatable bonds is 5. The summed E-state index contributed by atoms with van der Waals surface area (Å²) in [4.78, 5) is 14.2. The van der Waals surface area contributed by atoms with Crippen molar-refractivity contribution in [1.82, 2.24) is 30.4 Å². The fourth-order valence-corrected chi connectivity index (χ4v) is 2.51. The fourth-order valence-electron chi connectivity index (χ4n) is 2.51. The molecule has 1 aliphatic heterocycles. The van der Waals surface area contributed by atoms with Gasteiger partial charge in [-0.15, -0.1) is 5.10 Å². The minimum absolute atomic E-state index is 0.0211. The summed E-state index contributed by atoms with van der Waals surface area (Å²) < 4.78 is 1.43. The van der Waals surface area contributed by atoms with Gasteiger partial charge >= 0.3 is 0 Å². The molecule has 7 nitrogen and oxygen atoms in total. The van der Waals surface area contributed by atoms with E-state index < -0.39 is 0 Å². The van der Waals surface area contributed by atoms with Crippen molar-refractivity contribution < 1.29 is 4.79 Å². The molecule has 1 amide bonds. The highest BCUT2D eigenvalue weighted by molar-refractivity contribution is 5.75. The van der Waals surface area contributed by atoms with Crippen LogP contribution >= 0.6 is 0 Å². The number of nitrogens with zero attached hydrogens (tertiary/aromatic N) is 5. The molecule has 7 heteroatoms. The number of likely N-dealkylation sites (tertiary alicyclic amines) is 1. The van der Waals surface area contributed by atoms with E-state index in [0.717, 1.165) is 19.1 Å². The third kappa shape index (κ3) is 2.84. The summed E-state index contributed by atoms with van der Waals surface area (Å²) in [7, 11) is 0. The van der Waals surface area contributed by atoms with E-state index in [-0.39, 0.29) is 12.5 Å². The zero-order valence-corrected chi connectivity index (χ0v) is 10.3. The Bertz CT molecular complexity index is 402. The maximum atomic E-state index is 11.7. The second-order valence-electron chi connectivity index (χ2n) is 5.19. The van der Waals surface area contributed by atoms with Crippen molar-refractivity contribution in [2.24, 2.45) is 5.92 Å². The highest BCUT2D eigenvalue weighted by Crippen LogP contribution is 2.31. The van der Waals surface area contributed by atoms with Crippen molar-refractivity contribution in [2.75, 3.05) is 19.6 Å². The predicted molar refractivity (Wildman–Crippen MR) is 63.5 cm³/mol. The lowest BCUT2D eigenvalue weighted by Crippen LogP contribution is -2.33. The second kappa shape index (κ2) is 5.01. The first-order valence-electron chi connectivity index (χ1n) is 6.53. The molecule has 0 unspecified atom stereocenters. The standard InChI is InChI=1S/C11H18N6O/c18-11(7-17-8-13-14-15-17)12-5-9-3-4-16(6-9)10-1-2-10/h8-10H,1-7H2,(H,12,18)/t9-/m0/s1. The zero-order chi connectivity index (χ0) is 12.4. The van der Waals surface area contributed by atoms with Gasteiger partial charge in [0.25, 0.3) is 0 Å². The van der Waals surface area contributed by atoms with Gasteiger partial charge in [-0.2, -0.15) is 0 Å². The Balaban J connectivity index is 1.37. The number of carbonyl (C=O) groups is 1. The monoisotopic (exact) mass is 250 g/mol. The van der Waals surface area contributed by atoms with E-state index in [1.165, 1.54) is 36.8 Å². The highest BCUT2D eigenvalue weighted by atomic mass is 16.2. The fraction of sp³-hybridized carbons (Fsp3) is 0.818. The Morgan fingerprint density at radius 1 is 1.39 bits per heavy atom. The zero-order valence-electron chi connectivity index (χ0n) is 10.3. The summed E-state index contributed by atoms with van der Waals surface area (Å²) in [6.07, 6.45) is 5.36. The van der Waals surface area contributed by atoms with Crippen LogP contribution in [0.2, 0.25) is 0 Å². The molecule has 0 radical (unpaired) electrons. The number of tetrazole rings is 1. The van der Waals surface area contributed by atoms with E-state index >= 15 is 0 Å². The van der Waals surface area contributed by atoms with Crippen molar-refractivity contribution in [3.63, 3.8) is 0 Å². The largest absolute Gasteiger partial charge is 0.354 e. The van der Waals surface area contributed by atoms with Gasteiger partial charge in [-0.25, -0.2) is 4.68 Å². The number of hydrogen-bond donors (Lipinski definition) is 1. The van der Waals surface area contributed by atoms with Gasteiger partial charge in [-0.3, -0.25) is 4.79 Å². The Morgan fingerprint density at radius 3 is 3.00 bits per heavy atom. The van der Waals surface area contributed by atoms with Crippen LogP contribution < -0.4 is 5.32 Å². The quantitative estimate of drug-likeness (QED) is 0.746. The number of amides is 1. The number of nitrogens with one attached hydrogen (secondary N) is 1. The average Bonchev–Trinajstić information content (AvgIpc) is 2.90. The Morgan fingerprint density at radius 2 is 2.28 bits per heavy atom. The molecular weight excluding hydrogens is 232 g/mol. The molecule has 1 aliphatic carbocycles. The molecule has 1 saturated heterocycles. The Kier molecular flexibility index (Phi) is 3.22. The molecule has 3 rings (SSSR count). The molecule has 1 aromatic rings. The molecule has 1 aromatic heterocycles. The Labute approximate surface area is 106 Å². The summed E-state index contributed by atoms with van der Waals surface area (Å²) in [6, 6.07) is 0.840. The van der Waals surface area contributed by atoms with Crippen molar-refractivity contribution in [1.29, 1.82) is 0 Å². The number of hydrogen-bond acceptors (Lipinski definition) is 5. The molecule has 2 aliphatic rings. The molecule has 0 aromatic carbocycles. The maximum Gasteiger partial charge on any atom is 0.241 e. The lowest BCUT2D eigenvalue weighted by atomic mass is 10.1. The van der Waals surface area contributed by atoms with Crippen molar-refractivity contribution in [3.05, 3.63) is 6.33 Å². The van der Waals surface area contributed by atoms with Gasteiger partial charge in [-0.1, -0.05) is 0 Å².